The Labute approximate surface area is 125 Å². The zero-order chi connectivity index (χ0) is 13.6. The second-order valence-corrected chi connectivity index (χ2v) is 6.34. The average Bonchev–Trinajstić information content (AvgIpc) is 2.24. The Bertz CT molecular complexity index is 755. The van der Waals surface area contributed by atoms with Crippen molar-refractivity contribution in [2.24, 2.45) is 0 Å². The molecule has 0 aromatic heterocycles. The van der Waals surface area contributed by atoms with Gasteiger partial charge in [-0.25, -0.2) is 0 Å². The molecule has 12 heteroatoms. The molecule has 0 saturated carbocycles. The lowest BCUT2D eigenvalue weighted by Crippen LogP contribution is -2.02. The van der Waals surface area contributed by atoms with Gasteiger partial charge in [0.05, 0.1) is 0 Å². The Morgan fingerprint density at radius 3 is 1.09 bits per heavy atom. The number of rotatable bonds is 2. The number of hydrogen-bond acceptors (Lipinski definition) is 4. The Balaban J connectivity index is -0.000000902. The van der Waals surface area contributed by atoms with Crippen LogP contribution in [-0.2, 0) is 20.2 Å². The molecule has 0 atom stereocenters. The highest BCUT2D eigenvalue weighted by atomic mass is 32.2. The lowest BCUT2D eigenvalue weighted by molar-refractivity contribution is 0.481. The van der Waals surface area contributed by atoms with Gasteiger partial charge in [-0.1, -0.05) is 24.3 Å². The SMILES string of the molecule is O.O.O.O.O=S(=O)(O)c1cccc2c(S(=O)(=O)O)cccc12. The van der Waals surface area contributed by atoms with Crippen molar-refractivity contribution in [1.82, 2.24) is 0 Å². The van der Waals surface area contributed by atoms with E-state index in [4.69, 9.17) is 9.11 Å². The van der Waals surface area contributed by atoms with Crippen molar-refractivity contribution in [1.29, 1.82) is 0 Å². The van der Waals surface area contributed by atoms with E-state index in [2.05, 4.69) is 0 Å². The lowest BCUT2D eigenvalue weighted by Gasteiger charge is -2.06. The summed E-state index contributed by atoms with van der Waals surface area (Å²) in [6.07, 6.45) is 0. The molecule has 0 heterocycles. The molecule has 10 N–H and O–H groups in total. The van der Waals surface area contributed by atoms with Crippen LogP contribution in [0.5, 0.6) is 0 Å². The molecule has 0 saturated heterocycles. The van der Waals surface area contributed by atoms with Crippen molar-refractivity contribution >= 4 is 31.0 Å². The first-order chi connectivity index (χ1) is 8.21. The van der Waals surface area contributed by atoms with Gasteiger partial charge in [-0.2, -0.15) is 16.8 Å². The fourth-order valence-electron chi connectivity index (χ4n) is 1.70. The minimum Gasteiger partial charge on any atom is -0.412 e. The predicted molar refractivity (Wildman–Crippen MR) is 78.0 cm³/mol. The molecule has 0 radical (unpaired) electrons. The van der Waals surface area contributed by atoms with E-state index >= 15 is 0 Å². The third kappa shape index (κ3) is 4.69. The minimum atomic E-state index is -4.47. The fraction of sp³-hybridized carbons (Fsp3) is 0. The van der Waals surface area contributed by atoms with Gasteiger partial charge in [-0.3, -0.25) is 9.11 Å². The maximum Gasteiger partial charge on any atom is 0.295 e. The third-order valence-corrected chi connectivity index (χ3v) is 4.22. The molecule has 128 valence electrons. The van der Waals surface area contributed by atoms with E-state index in [1.165, 1.54) is 24.3 Å². The van der Waals surface area contributed by atoms with Crippen molar-refractivity contribution in [2.45, 2.75) is 9.79 Å². The second-order valence-electron chi connectivity index (χ2n) is 3.56. The van der Waals surface area contributed by atoms with Crippen LogP contribution in [0.1, 0.15) is 0 Å². The molecule has 2 aromatic carbocycles. The molecule has 2 rings (SSSR count). The highest BCUT2D eigenvalue weighted by Crippen LogP contribution is 2.27. The molecule has 0 fully saturated rings. The van der Waals surface area contributed by atoms with Crippen LogP contribution in [0.4, 0.5) is 0 Å². The zero-order valence-corrected chi connectivity index (χ0v) is 12.4. The molecular formula is C10H16O10S2. The van der Waals surface area contributed by atoms with Crippen molar-refractivity contribution in [3.8, 4) is 0 Å². The Hall–Kier alpha value is -1.64. The largest absolute Gasteiger partial charge is 0.412 e. The van der Waals surface area contributed by atoms with E-state index in [1.54, 1.807) is 0 Å². The van der Waals surface area contributed by atoms with E-state index in [0.29, 0.717) is 0 Å². The van der Waals surface area contributed by atoms with Crippen LogP contribution in [0.25, 0.3) is 10.8 Å². The molecule has 0 spiro atoms. The maximum absolute atomic E-state index is 11.2. The number of hydrogen-bond donors (Lipinski definition) is 2. The minimum absolute atomic E-state index is 0. The molecule has 0 aliphatic heterocycles. The second kappa shape index (κ2) is 8.11. The van der Waals surface area contributed by atoms with E-state index < -0.39 is 30.0 Å². The summed E-state index contributed by atoms with van der Waals surface area (Å²) < 4.78 is 62.7. The Morgan fingerprint density at radius 2 is 0.864 bits per heavy atom. The Morgan fingerprint density at radius 1 is 0.591 bits per heavy atom. The van der Waals surface area contributed by atoms with Crippen molar-refractivity contribution in [3.63, 3.8) is 0 Å². The van der Waals surface area contributed by atoms with E-state index in [1.807, 2.05) is 0 Å². The molecule has 0 aliphatic carbocycles. The molecule has 0 aliphatic rings. The summed E-state index contributed by atoms with van der Waals surface area (Å²) in [5, 5.41) is 0.0465. The van der Waals surface area contributed by atoms with Gasteiger partial charge in [-0.15, -0.1) is 0 Å². The highest BCUT2D eigenvalue weighted by molar-refractivity contribution is 7.86. The van der Waals surface area contributed by atoms with Gasteiger partial charge in [0, 0.05) is 10.8 Å². The van der Waals surface area contributed by atoms with Crippen molar-refractivity contribution in [3.05, 3.63) is 36.4 Å². The first-order valence-corrected chi connectivity index (χ1v) is 7.56. The normalized spacial score (nSPS) is 10.5. The van der Waals surface area contributed by atoms with Crippen LogP contribution in [0.15, 0.2) is 46.2 Å². The van der Waals surface area contributed by atoms with Gasteiger partial charge in [0.15, 0.2) is 0 Å². The van der Waals surface area contributed by atoms with Crippen LogP contribution in [0.2, 0.25) is 0 Å². The van der Waals surface area contributed by atoms with E-state index in [9.17, 15) is 16.8 Å². The summed E-state index contributed by atoms with van der Waals surface area (Å²) in [5.41, 5.74) is 0. The standard InChI is InChI=1S/C10H8O6S2.4H2O/c11-17(12,13)9-5-1-3-7-8(9)4-2-6-10(7)18(14,15)16;;;;/h1-6H,(H,11,12,13)(H,14,15,16);4*1H2. The lowest BCUT2D eigenvalue weighted by atomic mass is 10.1. The zero-order valence-electron chi connectivity index (χ0n) is 10.8. The highest BCUT2D eigenvalue weighted by Gasteiger charge is 2.18. The van der Waals surface area contributed by atoms with Gasteiger partial charge < -0.3 is 21.9 Å². The molecule has 22 heavy (non-hydrogen) atoms. The predicted octanol–water partition coefficient (Wildman–Crippen LogP) is -1.97. The van der Waals surface area contributed by atoms with Gasteiger partial charge >= 0.3 is 0 Å². The van der Waals surface area contributed by atoms with Crippen LogP contribution in [-0.4, -0.2) is 47.8 Å². The first kappa shape index (κ1) is 25.3. The summed E-state index contributed by atoms with van der Waals surface area (Å²) in [4.78, 5) is -0.823. The number of benzene rings is 2. The summed E-state index contributed by atoms with van der Waals surface area (Å²) in [6, 6.07) is 7.53. The molecule has 0 bridgehead atoms. The average molecular weight is 360 g/mol. The van der Waals surface area contributed by atoms with Crippen molar-refractivity contribution < 1.29 is 47.8 Å². The molecule has 10 nitrogen and oxygen atoms in total. The summed E-state index contributed by atoms with van der Waals surface area (Å²) >= 11 is 0. The fourth-order valence-corrected chi connectivity index (χ4v) is 3.12. The van der Waals surface area contributed by atoms with Crippen LogP contribution in [0, 0.1) is 0 Å². The van der Waals surface area contributed by atoms with Crippen LogP contribution >= 0.6 is 0 Å². The number of fused-ring (bicyclic) bond motifs is 1. The summed E-state index contributed by atoms with van der Waals surface area (Å²) in [7, 11) is -8.94. The first-order valence-electron chi connectivity index (χ1n) is 4.68. The smallest absolute Gasteiger partial charge is 0.295 e. The van der Waals surface area contributed by atoms with Gasteiger partial charge in [-0.05, 0) is 12.1 Å². The van der Waals surface area contributed by atoms with Gasteiger partial charge in [0.1, 0.15) is 9.79 Å². The molecular weight excluding hydrogens is 344 g/mol. The molecule has 2 aromatic rings. The van der Waals surface area contributed by atoms with Crippen LogP contribution in [0.3, 0.4) is 0 Å². The van der Waals surface area contributed by atoms with Crippen LogP contribution < -0.4 is 0 Å². The summed E-state index contributed by atoms with van der Waals surface area (Å²) in [6.45, 7) is 0. The Kier molecular flexibility index (Phi) is 9.34. The molecule has 0 unspecified atom stereocenters. The maximum atomic E-state index is 11.2. The topological polar surface area (TPSA) is 235 Å². The monoisotopic (exact) mass is 360 g/mol. The van der Waals surface area contributed by atoms with Crippen molar-refractivity contribution in [2.75, 3.05) is 0 Å². The summed E-state index contributed by atoms with van der Waals surface area (Å²) in [5.74, 6) is 0. The van der Waals surface area contributed by atoms with E-state index in [-0.39, 0.29) is 32.7 Å². The third-order valence-electron chi connectivity index (χ3n) is 2.40. The van der Waals surface area contributed by atoms with Gasteiger partial charge in [0.2, 0.25) is 0 Å². The molecule has 0 amide bonds. The van der Waals surface area contributed by atoms with E-state index in [0.717, 1.165) is 12.1 Å². The van der Waals surface area contributed by atoms with Gasteiger partial charge in [0.25, 0.3) is 20.2 Å². The quantitative estimate of drug-likeness (QED) is 0.575.